The fourth-order valence-electron chi connectivity index (χ4n) is 3.55. The van der Waals surface area contributed by atoms with Crippen LogP contribution < -0.4 is 19.7 Å². The minimum Gasteiger partial charge on any atom is -0.494 e. The second kappa shape index (κ2) is 11.4. The molecular formula is C27H21BrN2O6S. The van der Waals surface area contributed by atoms with Gasteiger partial charge in [0.1, 0.15) is 23.7 Å². The summed E-state index contributed by atoms with van der Waals surface area (Å²) in [5.74, 6) is -0.918. The number of carbonyl (C=O) groups excluding carboxylic acids is 2. The average Bonchev–Trinajstić information content (AvgIpc) is 2.87. The molecule has 1 fully saturated rings. The first kappa shape index (κ1) is 26.1. The fourth-order valence-corrected chi connectivity index (χ4v) is 4.34. The van der Waals surface area contributed by atoms with Gasteiger partial charge in [-0.3, -0.25) is 19.8 Å². The molecule has 0 spiro atoms. The Hall–Kier alpha value is -4.02. The van der Waals surface area contributed by atoms with Crippen molar-refractivity contribution in [1.29, 1.82) is 0 Å². The quantitative estimate of drug-likeness (QED) is 0.220. The van der Waals surface area contributed by atoms with E-state index >= 15 is 0 Å². The minimum atomic E-state index is -0.991. The zero-order chi connectivity index (χ0) is 26.5. The predicted octanol–water partition coefficient (Wildman–Crippen LogP) is 4.96. The number of thiocarbonyl (C=S) groups is 1. The standard InChI is InChI=1S/C27H21BrN2O6S/c1-2-35-20-10-8-19(9-11-20)30-25(32)21(24(31)29-27(30)37)13-17-5-12-23(22(28)14-17)36-15-16-3-6-18(7-4-16)26(33)34/h3-14H,2,15H2,1H3,(H,33,34)(H,29,31,37)/b21-13+. The van der Waals surface area contributed by atoms with Crippen LogP contribution in [0.3, 0.4) is 0 Å². The molecule has 2 N–H and O–H groups in total. The molecule has 0 unspecified atom stereocenters. The van der Waals surface area contributed by atoms with Crippen molar-refractivity contribution in [3.05, 3.63) is 93.5 Å². The van der Waals surface area contributed by atoms with Crippen LogP contribution in [-0.4, -0.2) is 34.6 Å². The summed E-state index contributed by atoms with van der Waals surface area (Å²) in [6.07, 6.45) is 1.49. The number of amides is 2. The van der Waals surface area contributed by atoms with Gasteiger partial charge in [0.2, 0.25) is 0 Å². The number of hydrogen-bond acceptors (Lipinski definition) is 6. The third kappa shape index (κ3) is 6.04. The SMILES string of the molecule is CCOc1ccc(N2C(=O)/C(=C/c3ccc(OCc4ccc(C(=O)O)cc4)c(Br)c3)C(=O)NC2=S)cc1. The number of anilines is 1. The summed E-state index contributed by atoms with van der Waals surface area (Å²) >= 11 is 8.72. The minimum absolute atomic E-state index is 0.00220. The van der Waals surface area contributed by atoms with E-state index < -0.39 is 17.8 Å². The maximum atomic E-state index is 13.2. The molecular weight excluding hydrogens is 560 g/mol. The van der Waals surface area contributed by atoms with Gasteiger partial charge in [0, 0.05) is 0 Å². The molecule has 0 saturated carbocycles. The Morgan fingerprint density at radius 3 is 2.38 bits per heavy atom. The number of aromatic carboxylic acids is 1. The van der Waals surface area contributed by atoms with E-state index in [9.17, 15) is 14.4 Å². The van der Waals surface area contributed by atoms with Gasteiger partial charge in [-0.25, -0.2) is 4.79 Å². The van der Waals surface area contributed by atoms with Crippen LogP contribution in [0.2, 0.25) is 0 Å². The molecule has 10 heteroatoms. The van der Waals surface area contributed by atoms with Crippen molar-refractivity contribution in [3.8, 4) is 11.5 Å². The molecule has 0 aromatic heterocycles. The predicted molar refractivity (Wildman–Crippen MR) is 146 cm³/mol. The maximum absolute atomic E-state index is 13.2. The van der Waals surface area contributed by atoms with Crippen LogP contribution in [0.4, 0.5) is 5.69 Å². The maximum Gasteiger partial charge on any atom is 0.335 e. The van der Waals surface area contributed by atoms with Gasteiger partial charge in [-0.15, -0.1) is 0 Å². The molecule has 0 aliphatic carbocycles. The lowest BCUT2D eigenvalue weighted by Crippen LogP contribution is -2.54. The van der Waals surface area contributed by atoms with Gasteiger partial charge in [-0.2, -0.15) is 0 Å². The third-order valence-corrected chi connectivity index (χ3v) is 6.27. The van der Waals surface area contributed by atoms with Gasteiger partial charge >= 0.3 is 5.97 Å². The lowest BCUT2D eigenvalue weighted by Gasteiger charge is -2.29. The molecule has 3 aromatic carbocycles. The van der Waals surface area contributed by atoms with Crippen molar-refractivity contribution in [1.82, 2.24) is 5.32 Å². The van der Waals surface area contributed by atoms with Crippen molar-refractivity contribution in [2.24, 2.45) is 0 Å². The van der Waals surface area contributed by atoms with Gasteiger partial charge in [-0.05, 0) is 101 Å². The smallest absolute Gasteiger partial charge is 0.335 e. The lowest BCUT2D eigenvalue weighted by atomic mass is 10.1. The van der Waals surface area contributed by atoms with Crippen LogP contribution in [0.5, 0.6) is 11.5 Å². The first-order valence-corrected chi connectivity index (χ1v) is 12.4. The highest BCUT2D eigenvalue weighted by molar-refractivity contribution is 9.10. The van der Waals surface area contributed by atoms with E-state index in [2.05, 4.69) is 21.2 Å². The van der Waals surface area contributed by atoms with Gasteiger partial charge in [0.05, 0.1) is 22.3 Å². The number of halogens is 1. The van der Waals surface area contributed by atoms with Crippen molar-refractivity contribution >= 4 is 62.8 Å². The Morgan fingerprint density at radius 2 is 1.76 bits per heavy atom. The van der Waals surface area contributed by atoms with Crippen LogP contribution in [0, 0.1) is 0 Å². The number of nitrogens with one attached hydrogen (secondary N) is 1. The number of benzene rings is 3. The molecule has 1 saturated heterocycles. The fraction of sp³-hybridized carbons (Fsp3) is 0.111. The van der Waals surface area contributed by atoms with Crippen molar-refractivity contribution in [2.45, 2.75) is 13.5 Å². The van der Waals surface area contributed by atoms with Crippen LogP contribution >= 0.6 is 28.1 Å². The van der Waals surface area contributed by atoms with E-state index in [1.807, 2.05) is 6.92 Å². The number of carbonyl (C=O) groups is 3. The number of carboxylic acid groups (broad SMARTS) is 1. The summed E-state index contributed by atoms with van der Waals surface area (Å²) < 4.78 is 11.9. The van der Waals surface area contributed by atoms with Crippen LogP contribution in [0.25, 0.3) is 6.08 Å². The Balaban J connectivity index is 1.51. The zero-order valence-corrected chi connectivity index (χ0v) is 22.0. The number of ether oxygens (including phenoxy) is 2. The monoisotopic (exact) mass is 580 g/mol. The first-order valence-electron chi connectivity index (χ1n) is 11.2. The molecule has 3 aromatic rings. The van der Waals surface area contributed by atoms with Gasteiger partial charge < -0.3 is 14.6 Å². The van der Waals surface area contributed by atoms with Crippen LogP contribution in [0.15, 0.2) is 76.8 Å². The molecule has 1 heterocycles. The average molecular weight is 581 g/mol. The lowest BCUT2D eigenvalue weighted by molar-refractivity contribution is -0.122. The van der Waals surface area contributed by atoms with E-state index in [0.717, 1.165) is 5.56 Å². The summed E-state index contributed by atoms with van der Waals surface area (Å²) in [5.41, 5.74) is 2.04. The Labute approximate surface area is 226 Å². The topological polar surface area (TPSA) is 105 Å². The Bertz CT molecular complexity index is 1400. The van der Waals surface area contributed by atoms with E-state index in [0.29, 0.717) is 33.8 Å². The summed E-state index contributed by atoms with van der Waals surface area (Å²) in [6, 6.07) is 18.4. The Kier molecular flexibility index (Phi) is 8.00. The molecule has 37 heavy (non-hydrogen) atoms. The highest BCUT2D eigenvalue weighted by atomic mass is 79.9. The molecule has 1 aliphatic heterocycles. The number of rotatable bonds is 8. The molecule has 2 amide bonds. The van der Waals surface area contributed by atoms with Crippen molar-refractivity contribution < 1.29 is 29.0 Å². The summed E-state index contributed by atoms with van der Waals surface area (Å²) in [4.78, 5) is 38.1. The van der Waals surface area contributed by atoms with Crippen molar-refractivity contribution in [2.75, 3.05) is 11.5 Å². The van der Waals surface area contributed by atoms with Gasteiger partial charge in [0.25, 0.3) is 11.8 Å². The van der Waals surface area contributed by atoms with Crippen LogP contribution in [-0.2, 0) is 16.2 Å². The highest BCUT2D eigenvalue weighted by Gasteiger charge is 2.34. The molecule has 188 valence electrons. The van der Waals surface area contributed by atoms with Gasteiger partial charge in [-0.1, -0.05) is 18.2 Å². The second-order valence-corrected chi connectivity index (χ2v) is 9.11. The van der Waals surface area contributed by atoms with E-state index in [4.69, 9.17) is 26.8 Å². The van der Waals surface area contributed by atoms with Gasteiger partial charge in [0.15, 0.2) is 5.11 Å². The number of nitrogens with zero attached hydrogens (tertiary/aromatic N) is 1. The first-order chi connectivity index (χ1) is 17.8. The number of carboxylic acids is 1. The summed E-state index contributed by atoms with van der Waals surface area (Å²) in [5, 5.41) is 11.6. The summed E-state index contributed by atoms with van der Waals surface area (Å²) in [7, 11) is 0. The highest BCUT2D eigenvalue weighted by Crippen LogP contribution is 2.29. The molecule has 0 bridgehead atoms. The molecule has 4 rings (SSSR count). The van der Waals surface area contributed by atoms with E-state index in [1.165, 1.54) is 23.1 Å². The molecule has 1 aliphatic rings. The van der Waals surface area contributed by atoms with E-state index in [1.54, 1.807) is 54.6 Å². The van der Waals surface area contributed by atoms with E-state index in [-0.39, 0.29) is 22.9 Å². The normalized spacial score (nSPS) is 14.5. The number of hydrogen-bond donors (Lipinski definition) is 2. The molecule has 8 nitrogen and oxygen atoms in total. The third-order valence-electron chi connectivity index (χ3n) is 5.37. The Morgan fingerprint density at radius 1 is 1.05 bits per heavy atom. The molecule has 0 radical (unpaired) electrons. The molecule has 0 atom stereocenters. The largest absolute Gasteiger partial charge is 0.494 e. The van der Waals surface area contributed by atoms with Crippen LogP contribution in [0.1, 0.15) is 28.4 Å². The summed E-state index contributed by atoms with van der Waals surface area (Å²) in [6.45, 7) is 2.62. The zero-order valence-electron chi connectivity index (χ0n) is 19.6. The van der Waals surface area contributed by atoms with Crippen molar-refractivity contribution in [3.63, 3.8) is 0 Å². The second-order valence-electron chi connectivity index (χ2n) is 7.87.